The van der Waals surface area contributed by atoms with E-state index in [1.807, 2.05) is 24.3 Å². The fourth-order valence-electron chi connectivity index (χ4n) is 2.34. The Balaban J connectivity index is 1.66. The molecular weight excluding hydrogens is 344 g/mol. The molecule has 0 spiro atoms. The van der Waals surface area contributed by atoms with Gasteiger partial charge in [-0.25, -0.2) is 4.98 Å². The van der Waals surface area contributed by atoms with E-state index in [1.165, 1.54) is 6.08 Å². The molecule has 3 aromatic rings. The van der Waals surface area contributed by atoms with Crippen LogP contribution in [0.5, 0.6) is 5.75 Å². The minimum atomic E-state index is -0.448. The number of rotatable bonds is 7. The number of hydrogen-bond acceptors (Lipinski definition) is 5. The highest BCUT2D eigenvalue weighted by Crippen LogP contribution is 2.23. The van der Waals surface area contributed by atoms with Crippen LogP contribution in [0.1, 0.15) is 12.1 Å². The second-order valence-corrected chi connectivity index (χ2v) is 5.67. The molecule has 0 saturated carbocycles. The molecule has 1 heterocycles. The van der Waals surface area contributed by atoms with Crippen molar-refractivity contribution in [3.05, 3.63) is 66.5 Å². The number of amides is 2. The smallest absolute Gasteiger partial charge is 0.248 e. The fraction of sp³-hybridized carbons (Fsp3) is 0.100. The van der Waals surface area contributed by atoms with E-state index in [1.54, 1.807) is 36.5 Å². The normalized spacial score (nSPS) is 10.8. The fourth-order valence-corrected chi connectivity index (χ4v) is 2.34. The molecule has 0 aliphatic carbocycles. The third kappa shape index (κ3) is 5.12. The first-order valence-corrected chi connectivity index (χ1v) is 8.33. The predicted octanol–water partition coefficient (Wildman–Crippen LogP) is 2.54. The van der Waals surface area contributed by atoms with Crippen molar-refractivity contribution < 1.29 is 14.3 Å². The molecule has 0 saturated heterocycles. The second-order valence-electron chi connectivity index (χ2n) is 5.67. The van der Waals surface area contributed by atoms with Crippen LogP contribution in [0, 0.1) is 0 Å². The Hall–Kier alpha value is -3.74. The standard InChI is InChI=1S/C20H18N4O3/c21-19(25)11-12-27-18-8-4-3-7-17(18)24-20(26)10-9-14-13-22-15-5-1-2-6-16(15)23-14/h1-10,13H,11-12H2,(H2,21,25)(H,24,26)/b10-9+. The number of nitrogens with zero attached hydrogens (tertiary/aromatic N) is 2. The van der Waals surface area contributed by atoms with Crippen LogP contribution >= 0.6 is 0 Å². The number of benzene rings is 2. The zero-order valence-electron chi connectivity index (χ0n) is 14.5. The maximum absolute atomic E-state index is 12.2. The first-order chi connectivity index (χ1) is 13.1. The second kappa shape index (κ2) is 8.57. The van der Waals surface area contributed by atoms with Gasteiger partial charge in [-0.2, -0.15) is 0 Å². The average molecular weight is 362 g/mol. The van der Waals surface area contributed by atoms with Gasteiger partial charge in [-0.05, 0) is 30.3 Å². The lowest BCUT2D eigenvalue weighted by Gasteiger charge is -2.10. The van der Waals surface area contributed by atoms with Gasteiger partial charge in [0.05, 0.1) is 41.6 Å². The average Bonchev–Trinajstić information content (AvgIpc) is 2.67. The van der Waals surface area contributed by atoms with E-state index in [-0.39, 0.29) is 18.9 Å². The molecule has 0 aliphatic rings. The molecule has 0 unspecified atom stereocenters. The molecule has 0 radical (unpaired) electrons. The van der Waals surface area contributed by atoms with Gasteiger partial charge in [0.1, 0.15) is 5.75 Å². The van der Waals surface area contributed by atoms with Gasteiger partial charge in [0.2, 0.25) is 11.8 Å². The molecule has 0 aliphatic heterocycles. The van der Waals surface area contributed by atoms with Crippen molar-refractivity contribution in [1.82, 2.24) is 9.97 Å². The molecule has 2 amide bonds. The Bertz CT molecular complexity index is 1000. The van der Waals surface area contributed by atoms with Gasteiger partial charge < -0.3 is 15.8 Å². The summed E-state index contributed by atoms with van der Waals surface area (Å²) in [5, 5.41) is 2.74. The molecule has 0 fully saturated rings. The molecule has 136 valence electrons. The Morgan fingerprint density at radius 2 is 1.81 bits per heavy atom. The molecule has 7 heteroatoms. The molecule has 3 N–H and O–H groups in total. The van der Waals surface area contributed by atoms with Crippen molar-refractivity contribution in [2.45, 2.75) is 6.42 Å². The number of nitrogens with two attached hydrogens (primary N) is 1. The third-order valence-corrected chi connectivity index (χ3v) is 3.62. The first-order valence-electron chi connectivity index (χ1n) is 8.33. The Kier molecular flexibility index (Phi) is 5.73. The molecule has 2 aromatic carbocycles. The van der Waals surface area contributed by atoms with Gasteiger partial charge in [-0.15, -0.1) is 0 Å². The van der Waals surface area contributed by atoms with Crippen LogP contribution in [0.25, 0.3) is 17.1 Å². The predicted molar refractivity (Wildman–Crippen MR) is 103 cm³/mol. The Morgan fingerprint density at radius 1 is 1.07 bits per heavy atom. The molecule has 27 heavy (non-hydrogen) atoms. The van der Waals surface area contributed by atoms with E-state index >= 15 is 0 Å². The summed E-state index contributed by atoms with van der Waals surface area (Å²) >= 11 is 0. The number of anilines is 1. The maximum atomic E-state index is 12.2. The zero-order chi connectivity index (χ0) is 19.1. The lowest BCUT2D eigenvalue weighted by atomic mass is 10.2. The number of fused-ring (bicyclic) bond motifs is 1. The van der Waals surface area contributed by atoms with E-state index in [0.29, 0.717) is 17.1 Å². The highest BCUT2D eigenvalue weighted by molar-refractivity contribution is 6.02. The molecule has 0 atom stereocenters. The van der Waals surface area contributed by atoms with Crippen LogP contribution in [0.15, 0.2) is 60.8 Å². The van der Waals surface area contributed by atoms with Gasteiger partial charge in [-0.1, -0.05) is 24.3 Å². The largest absolute Gasteiger partial charge is 0.491 e. The Labute approximate surface area is 155 Å². The highest BCUT2D eigenvalue weighted by atomic mass is 16.5. The van der Waals surface area contributed by atoms with Crippen LogP contribution in [-0.4, -0.2) is 28.4 Å². The third-order valence-electron chi connectivity index (χ3n) is 3.62. The summed E-state index contributed by atoms with van der Waals surface area (Å²) in [6.07, 6.45) is 4.67. The van der Waals surface area contributed by atoms with Gasteiger partial charge in [0.15, 0.2) is 0 Å². The molecular formula is C20H18N4O3. The summed E-state index contributed by atoms with van der Waals surface area (Å²) in [6, 6.07) is 14.5. The maximum Gasteiger partial charge on any atom is 0.248 e. The molecule has 1 aromatic heterocycles. The van der Waals surface area contributed by atoms with Crippen LogP contribution < -0.4 is 15.8 Å². The van der Waals surface area contributed by atoms with Crippen LogP contribution in [0.2, 0.25) is 0 Å². The van der Waals surface area contributed by atoms with Gasteiger partial charge >= 0.3 is 0 Å². The van der Waals surface area contributed by atoms with Crippen molar-refractivity contribution in [1.29, 1.82) is 0 Å². The summed E-state index contributed by atoms with van der Waals surface area (Å²) in [5.41, 5.74) is 7.73. The topological polar surface area (TPSA) is 107 Å². The number of hydrogen-bond donors (Lipinski definition) is 2. The van der Waals surface area contributed by atoms with Crippen molar-refractivity contribution in [3.8, 4) is 5.75 Å². The van der Waals surface area contributed by atoms with E-state index in [2.05, 4.69) is 15.3 Å². The minimum Gasteiger partial charge on any atom is -0.491 e. The zero-order valence-corrected chi connectivity index (χ0v) is 14.5. The SMILES string of the molecule is NC(=O)CCOc1ccccc1NC(=O)/C=C/c1cnc2ccccc2n1. The number of ether oxygens (including phenoxy) is 1. The minimum absolute atomic E-state index is 0.100. The van der Waals surface area contributed by atoms with Gasteiger partial charge in [0, 0.05) is 6.08 Å². The summed E-state index contributed by atoms with van der Waals surface area (Å²) in [5.74, 6) is -0.321. The summed E-state index contributed by atoms with van der Waals surface area (Å²) in [6.45, 7) is 0.144. The number of aromatic nitrogens is 2. The van der Waals surface area contributed by atoms with Crippen molar-refractivity contribution in [2.75, 3.05) is 11.9 Å². The summed E-state index contributed by atoms with van der Waals surface area (Å²) in [7, 11) is 0. The number of carbonyl (C=O) groups excluding carboxylic acids is 2. The van der Waals surface area contributed by atoms with Crippen LogP contribution in [0.4, 0.5) is 5.69 Å². The number of nitrogens with one attached hydrogen (secondary N) is 1. The van der Waals surface area contributed by atoms with Crippen LogP contribution in [0.3, 0.4) is 0 Å². The van der Waals surface area contributed by atoms with E-state index in [0.717, 1.165) is 11.0 Å². The monoisotopic (exact) mass is 362 g/mol. The lowest BCUT2D eigenvalue weighted by molar-refractivity contribution is -0.118. The number of para-hydroxylation sites is 4. The van der Waals surface area contributed by atoms with Gasteiger partial charge in [-0.3, -0.25) is 14.6 Å². The molecule has 7 nitrogen and oxygen atoms in total. The van der Waals surface area contributed by atoms with Crippen molar-refractivity contribution >= 4 is 34.6 Å². The summed E-state index contributed by atoms with van der Waals surface area (Å²) in [4.78, 5) is 31.7. The quantitative estimate of drug-likeness (QED) is 0.628. The molecule has 0 bridgehead atoms. The number of primary amides is 1. The van der Waals surface area contributed by atoms with E-state index in [4.69, 9.17) is 10.5 Å². The summed E-state index contributed by atoms with van der Waals surface area (Å²) < 4.78 is 5.50. The lowest BCUT2D eigenvalue weighted by Crippen LogP contribution is -2.15. The van der Waals surface area contributed by atoms with E-state index < -0.39 is 5.91 Å². The highest BCUT2D eigenvalue weighted by Gasteiger charge is 2.06. The first kappa shape index (κ1) is 18.1. The van der Waals surface area contributed by atoms with Gasteiger partial charge in [0.25, 0.3) is 0 Å². The van der Waals surface area contributed by atoms with E-state index in [9.17, 15) is 9.59 Å². The van der Waals surface area contributed by atoms with Crippen molar-refractivity contribution in [3.63, 3.8) is 0 Å². The van der Waals surface area contributed by atoms with Crippen molar-refractivity contribution in [2.24, 2.45) is 5.73 Å². The number of carbonyl (C=O) groups is 2. The molecule has 3 rings (SSSR count). The Morgan fingerprint density at radius 3 is 2.63 bits per heavy atom. The van der Waals surface area contributed by atoms with Crippen LogP contribution in [-0.2, 0) is 9.59 Å².